The number of halogens is 2. The third kappa shape index (κ3) is 3.89. The Hall–Kier alpha value is -1.83. The van der Waals surface area contributed by atoms with E-state index in [0.717, 1.165) is 0 Å². The molecule has 1 amide bonds. The predicted octanol–water partition coefficient (Wildman–Crippen LogP) is 4.18. The molecule has 2 aromatic rings. The summed E-state index contributed by atoms with van der Waals surface area (Å²) in [7, 11) is 0. The van der Waals surface area contributed by atoms with Crippen molar-refractivity contribution in [1.82, 2.24) is 9.88 Å². The number of oxazole rings is 1. The molecule has 0 aliphatic carbocycles. The third-order valence-corrected chi connectivity index (χ3v) is 4.51. The lowest BCUT2D eigenvalue weighted by Crippen LogP contribution is -2.54. The monoisotopic (exact) mass is 413 g/mol. The second-order valence-corrected chi connectivity index (χ2v) is 8.06. The van der Waals surface area contributed by atoms with Gasteiger partial charge in [0.1, 0.15) is 16.9 Å². The molecule has 1 aliphatic heterocycles. The molecule has 0 saturated carbocycles. The molecular weight excluding hydrogens is 393 g/mol. The number of piperazine rings is 1. The minimum Gasteiger partial charge on any atom is -0.444 e. The summed E-state index contributed by atoms with van der Waals surface area (Å²) in [6.45, 7) is 9.10. The van der Waals surface area contributed by atoms with Gasteiger partial charge in [-0.2, -0.15) is 4.98 Å². The van der Waals surface area contributed by atoms with Gasteiger partial charge >= 0.3 is 6.09 Å². The first kappa shape index (κ1) is 18.0. The zero-order valence-corrected chi connectivity index (χ0v) is 16.3. The number of nitrogens with zero attached hydrogens (tertiary/aromatic N) is 3. The number of carbonyl (C=O) groups is 1. The van der Waals surface area contributed by atoms with Crippen LogP contribution < -0.4 is 4.90 Å². The molecular formula is C17H21BrFN3O3. The van der Waals surface area contributed by atoms with Crippen molar-refractivity contribution >= 4 is 39.1 Å². The number of amides is 1. The minimum absolute atomic E-state index is 0.00190. The fourth-order valence-corrected chi connectivity index (χ4v) is 3.31. The Morgan fingerprint density at radius 1 is 1.40 bits per heavy atom. The van der Waals surface area contributed by atoms with E-state index in [-0.39, 0.29) is 18.0 Å². The number of hydrogen-bond donors (Lipinski definition) is 0. The van der Waals surface area contributed by atoms with Crippen molar-refractivity contribution in [2.45, 2.75) is 39.3 Å². The lowest BCUT2D eigenvalue weighted by molar-refractivity contribution is 0.0216. The summed E-state index contributed by atoms with van der Waals surface area (Å²) in [6.07, 6.45) is -0.318. The normalized spacial score (nSPS) is 18.7. The van der Waals surface area contributed by atoms with E-state index in [2.05, 4.69) is 20.9 Å². The number of carbonyl (C=O) groups excluding carboxylic acids is 1. The van der Waals surface area contributed by atoms with Crippen LogP contribution in [-0.4, -0.2) is 47.3 Å². The summed E-state index contributed by atoms with van der Waals surface area (Å²) in [6, 6.07) is 3.12. The molecule has 1 atom stereocenters. The molecule has 6 nitrogen and oxygen atoms in total. The first-order chi connectivity index (χ1) is 11.6. The number of aromatic nitrogens is 1. The van der Waals surface area contributed by atoms with Crippen molar-refractivity contribution in [3.63, 3.8) is 0 Å². The molecule has 136 valence electrons. The average molecular weight is 414 g/mol. The molecule has 3 rings (SSSR count). The number of hydrogen-bond acceptors (Lipinski definition) is 5. The summed E-state index contributed by atoms with van der Waals surface area (Å²) in [5, 5.41) is 0. The first-order valence-electron chi connectivity index (χ1n) is 8.14. The quantitative estimate of drug-likeness (QED) is 0.701. The summed E-state index contributed by atoms with van der Waals surface area (Å²) >= 11 is 3.29. The molecule has 0 radical (unpaired) electrons. The van der Waals surface area contributed by atoms with Gasteiger partial charge in [-0.05, 0) is 49.7 Å². The molecule has 2 heterocycles. The topological polar surface area (TPSA) is 58.8 Å². The van der Waals surface area contributed by atoms with Gasteiger partial charge in [0.05, 0.1) is 4.47 Å². The van der Waals surface area contributed by atoms with Gasteiger partial charge in [0, 0.05) is 31.7 Å². The molecule has 1 saturated heterocycles. The number of ether oxygens (including phenoxy) is 1. The Bertz CT molecular complexity index is 802. The van der Waals surface area contributed by atoms with Gasteiger partial charge in [-0.15, -0.1) is 0 Å². The number of rotatable bonds is 1. The van der Waals surface area contributed by atoms with Gasteiger partial charge in [0.25, 0.3) is 6.01 Å². The van der Waals surface area contributed by atoms with Crippen LogP contribution in [-0.2, 0) is 4.74 Å². The van der Waals surface area contributed by atoms with Gasteiger partial charge in [0.2, 0.25) is 0 Å². The Morgan fingerprint density at radius 3 is 2.76 bits per heavy atom. The van der Waals surface area contributed by atoms with Crippen LogP contribution in [0.2, 0.25) is 0 Å². The second kappa shape index (κ2) is 6.48. The zero-order valence-electron chi connectivity index (χ0n) is 14.7. The fraction of sp³-hybridized carbons (Fsp3) is 0.529. The highest BCUT2D eigenvalue weighted by atomic mass is 79.9. The van der Waals surface area contributed by atoms with Gasteiger partial charge < -0.3 is 19.0 Å². The van der Waals surface area contributed by atoms with Crippen LogP contribution in [0.25, 0.3) is 11.1 Å². The summed E-state index contributed by atoms with van der Waals surface area (Å²) < 4.78 is 25.3. The van der Waals surface area contributed by atoms with Crippen LogP contribution in [0.3, 0.4) is 0 Å². The SMILES string of the molecule is CC1CN(C(=O)OC(C)(C)C)CCN1c1nc2cc(F)cc(Br)c2o1. The maximum Gasteiger partial charge on any atom is 0.410 e. The van der Waals surface area contributed by atoms with E-state index in [1.807, 2.05) is 32.6 Å². The van der Waals surface area contributed by atoms with E-state index in [1.54, 1.807) is 4.90 Å². The molecule has 1 aromatic heterocycles. The molecule has 8 heteroatoms. The summed E-state index contributed by atoms with van der Waals surface area (Å²) in [4.78, 5) is 20.3. The lowest BCUT2D eigenvalue weighted by Gasteiger charge is -2.39. The molecule has 25 heavy (non-hydrogen) atoms. The largest absolute Gasteiger partial charge is 0.444 e. The van der Waals surface area contributed by atoms with E-state index in [4.69, 9.17) is 9.15 Å². The van der Waals surface area contributed by atoms with E-state index in [9.17, 15) is 9.18 Å². The van der Waals surface area contributed by atoms with Crippen molar-refractivity contribution in [2.24, 2.45) is 0 Å². The van der Waals surface area contributed by atoms with E-state index < -0.39 is 5.60 Å². The van der Waals surface area contributed by atoms with Gasteiger partial charge in [0.15, 0.2) is 5.58 Å². The zero-order chi connectivity index (χ0) is 18.4. The molecule has 0 spiro atoms. The Labute approximate surface area is 154 Å². The fourth-order valence-electron chi connectivity index (χ4n) is 2.80. The maximum absolute atomic E-state index is 13.5. The first-order valence-corrected chi connectivity index (χ1v) is 8.93. The third-order valence-electron chi connectivity index (χ3n) is 3.92. The van der Waals surface area contributed by atoms with E-state index in [1.165, 1.54) is 12.1 Å². The van der Waals surface area contributed by atoms with Gasteiger partial charge in [-0.1, -0.05) is 0 Å². The lowest BCUT2D eigenvalue weighted by atomic mass is 10.2. The van der Waals surface area contributed by atoms with Crippen LogP contribution in [0, 0.1) is 5.82 Å². The highest BCUT2D eigenvalue weighted by Crippen LogP contribution is 2.31. The van der Waals surface area contributed by atoms with Crippen molar-refractivity contribution in [2.75, 3.05) is 24.5 Å². The van der Waals surface area contributed by atoms with Gasteiger partial charge in [-0.25, -0.2) is 9.18 Å². The molecule has 1 aromatic carbocycles. The van der Waals surface area contributed by atoms with E-state index >= 15 is 0 Å². The van der Waals surface area contributed by atoms with Crippen molar-refractivity contribution in [3.05, 3.63) is 22.4 Å². The molecule has 1 unspecified atom stereocenters. The van der Waals surface area contributed by atoms with Crippen LogP contribution in [0.1, 0.15) is 27.7 Å². The number of benzene rings is 1. The predicted molar refractivity (Wildman–Crippen MR) is 96.3 cm³/mol. The van der Waals surface area contributed by atoms with Crippen molar-refractivity contribution < 1.29 is 18.3 Å². The maximum atomic E-state index is 13.5. The molecule has 0 bridgehead atoms. The standard InChI is InChI=1S/C17H21BrFN3O3/c1-10-9-21(16(23)25-17(2,3)4)5-6-22(10)15-20-13-8-11(19)7-12(18)14(13)24-15/h7-8,10H,5-6,9H2,1-4H3. The molecule has 0 N–H and O–H groups in total. The number of anilines is 1. The van der Waals surface area contributed by atoms with Crippen LogP contribution in [0.5, 0.6) is 0 Å². The summed E-state index contributed by atoms with van der Waals surface area (Å²) in [5.74, 6) is -0.373. The Morgan fingerprint density at radius 2 is 2.12 bits per heavy atom. The van der Waals surface area contributed by atoms with Crippen LogP contribution in [0.15, 0.2) is 21.0 Å². The smallest absolute Gasteiger partial charge is 0.410 e. The van der Waals surface area contributed by atoms with E-state index in [0.29, 0.717) is 41.2 Å². The number of fused-ring (bicyclic) bond motifs is 1. The Kier molecular flexibility index (Phi) is 4.66. The van der Waals surface area contributed by atoms with Crippen molar-refractivity contribution in [3.8, 4) is 0 Å². The minimum atomic E-state index is -0.520. The molecule has 1 aliphatic rings. The van der Waals surface area contributed by atoms with Crippen LogP contribution in [0.4, 0.5) is 15.2 Å². The van der Waals surface area contributed by atoms with Crippen LogP contribution >= 0.6 is 15.9 Å². The van der Waals surface area contributed by atoms with Crippen molar-refractivity contribution in [1.29, 1.82) is 0 Å². The highest BCUT2D eigenvalue weighted by molar-refractivity contribution is 9.10. The molecule has 1 fully saturated rings. The van der Waals surface area contributed by atoms with Gasteiger partial charge in [-0.3, -0.25) is 0 Å². The Balaban J connectivity index is 1.76. The second-order valence-electron chi connectivity index (χ2n) is 7.20. The average Bonchev–Trinajstić information content (AvgIpc) is 2.89. The highest BCUT2D eigenvalue weighted by Gasteiger charge is 2.32. The summed E-state index contributed by atoms with van der Waals surface area (Å²) in [5.41, 5.74) is 0.454.